The molecule has 0 aliphatic heterocycles. The van der Waals surface area contributed by atoms with Gasteiger partial charge in [-0.1, -0.05) is 49.2 Å². The third-order valence-corrected chi connectivity index (χ3v) is 5.76. The topological polar surface area (TPSA) is 111 Å². The van der Waals surface area contributed by atoms with Gasteiger partial charge in [-0.3, -0.25) is 4.79 Å². The fourth-order valence-corrected chi connectivity index (χ4v) is 3.70. The van der Waals surface area contributed by atoms with Crippen molar-refractivity contribution in [3.8, 4) is 16.9 Å². The number of phenols is 1. The number of nitrogens with two attached hydrogens (primary N) is 2. The number of aryl methyl sites for hydroxylation is 2. The predicted molar refractivity (Wildman–Crippen MR) is 127 cm³/mol. The molecular weight excluding hydrogens is 402 g/mol. The second kappa shape index (κ2) is 10.8. The third-order valence-electron chi connectivity index (χ3n) is 5.76. The van der Waals surface area contributed by atoms with Crippen molar-refractivity contribution in [3.05, 3.63) is 77.0 Å². The van der Waals surface area contributed by atoms with Crippen LogP contribution in [0.3, 0.4) is 0 Å². The first kappa shape index (κ1) is 23.3. The molecule has 3 aromatic rings. The molecule has 2 aromatic carbocycles. The van der Waals surface area contributed by atoms with E-state index in [4.69, 9.17) is 16.2 Å². The van der Waals surface area contributed by atoms with E-state index in [2.05, 4.69) is 37.0 Å². The molecule has 0 unspecified atom stereocenters. The van der Waals surface area contributed by atoms with Gasteiger partial charge >= 0.3 is 0 Å². The van der Waals surface area contributed by atoms with Crippen molar-refractivity contribution in [1.82, 2.24) is 4.98 Å². The molecule has 32 heavy (non-hydrogen) atoms. The number of nitrogens with zero attached hydrogens (tertiary/aromatic N) is 1. The average Bonchev–Trinajstić information content (AvgIpc) is 3.29. The van der Waals surface area contributed by atoms with Crippen LogP contribution in [0.4, 0.5) is 5.82 Å². The summed E-state index contributed by atoms with van der Waals surface area (Å²) in [6, 6.07) is 14.9. The summed E-state index contributed by atoms with van der Waals surface area (Å²) in [5.41, 5.74) is 16.0. The lowest BCUT2D eigenvalue weighted by molar-refractivity contribution is 0.0456. The number of primary amides is 1. The highest BCUT2D eigenvalue weighted by molar-refractivity contribution is 5.98. The van der Waals surface area contributed by atoms with Gasteiger partial charge in [0.05, 0.1) is 18.3 Å². The molecule has 1 aliphatic rings. The zero-order valence-corrected chi connectivity index (χ0v) is 18.7. The van der Waals surface area contributed by atoms with Gasteiger partial charge < -0.3 is 21.3 Å². The summed E-state index contributed by atoms with van der Waals surface area (Å²) in [4.78, 5) is 15.0. The van der Waals surface area contributed by atoms with Gasteiger partial charge in [0.15, 0.2) is 0 Å². The summed E-state index contributed by atoms with van der Waals surface area (Å²) in [5, 5.41) is 9.69. The van der Waals surface area contributed by atoms with Crippen molar-refractivity contribution < 1.29 is 14.6 Å². The Hall–Kier alpha value is -3.38. The minimum absolute atomic E-state index is 0.0803. The van der Waals surface area contributed by atoms with E-state index in [9.17, 15) is 9.90 Å². The molecule has 1 fully saturated rings. The maximum atomic E-state index is 11.1. The number of phenolic OH excluding ortho intramolecular Hbond substituents is 1. The van der Waals surface area contributed by atoms with Crippen molar-refractivity contribution in [2.75, 3.05) is 5.73 Å². The fourth-order valence-electron chi connectivity index (χ4n) is 3.70. The fraction of sp³-hybridized carbons (Fsp3) is 0.308. The van der Waals surface area contributed by atoms with Gasteiger partial charge in [0.1, 0.15) is 11.6 Å². The van der Waals surface area contributed by atoms with E-state index in [1.165, 1.54) is 54.6 Å². The van der Waals surface area contributed by atoms with Crippen LogP contribution in [0.15, 0.2) is 54.7 Å². The molecule has 0 atom stereocenters. The first-order valence-electron chi connectivity index (χ1n) is 10.9. The number of carbonyl (C=O) groups is 1. The number of aromatic nitrogens is 1. The van der Waals surface area contributed by atoms with Gasteiger partial charge in [0.2, 0.25) is 0 Å². The number of para-hydroxylation sites is 1. The summed E-state index contributed by atoms with van der Waals surface area (Å²) in [7, 11) is 0. The lowest BCUT2D eigenvalue weighted by Crippen LogP contribution is -2.14. The van der Waals surface area contributed by atoms with Gasteiger partial charge in [-0.05, 0) is 55.5 Å². The van der Waals surface area contributed by atoms with Gasteiger partial charge in [-0.25, -0.2) is 4.98 Å². The van der Waals surface area contributed by atoms with Crippen LogP contribution in [-0.2, 0) is 11.3 Å². The number of carbonyl (C=O) groups excluding carboxylic acids is 1. The maximum absolute atomic E-state index is 11.1. The highest BCUT2D eigenvalue weighted by atomic mass is 16.5. The molecule has 0 bridgehead atoms. The van der Waals surface area contributed by atoms with Gasteiger partial charge in [-0.2, -0.15) is 0 Å². The summed E-state index contributed by atoms with van der Waals surface area (Å²) in [6.45, 7) is 5.09. The molecule has 4 rings (SSSR count). The summed E-state index contributed by atoms with van der Waals surface area (Å²) < 4.78 is 5.88. The smallest absolute Gasteiger partial charge is 0.252 e. The Labute approximate surface area is 189 Å². The summed E-state index contributed by atoms with van der Waals surface area (Å²) in [6.07, 6.45) is 7.20. The molecule has 0 radical (unpaired) electrons. The van der Waals surface area contributed by atoms with Gasteiger partial charge in [0.25, 0.3) is 5.91 Å². The molecular formula is C26H31N3O3. The Kier molecular flexibility index (Phi) is 7.84. The number of pyridine rings is 1. The molecule has 6 nitrogen and oxygen atoms in total. The van der Waals surface area contributed by atoms with E-state index in [1.807, 2.05) is 0 Å². The van der Waals surface area contributed by atoms with Crippen LogP contribution < -0.4 is 11.5 Å². The Morgan fingerprint density at radius 1 is 1.09 bits per heavy atom. The van der Waals surface area contributed by atoms with Crippen molar-refractivity contribution in [2.24, 2.45) is 5.73 Å². The van der Waals surface area contributed by atoms with Crippen LogP contribution in [0.5, 0.6) is 5.75 Å². The SMILES string of the molecule is Cc1ccc(COC2CCCC2)cc1C.NC(=O)c1cc(-c2ccccc2O)cnc1N. The number of ether oxygens (including phenoxy) is 1. The van der Waals surface area contributed by atoms with Crippen LogP contribution in [0.2, 0.25) is 0 Å². The highest BCUT2D eigenvalue weighted by Gasteiger charge is 2.15. The Morgan fingerprint density at radius 3 is 2.47 bits per heavy atom. The molecule has 1 heterocycles. The number of hydrogen-bond donors (Lipinski definition) is 3. The standard InChI is InChI=1S/C14H20O.C12H11N3O2/c1-11-7-8-13(9-12(11)2)10-15-14-5-3-4-6-14;13-11-9(12(14)17)5-7(6-15-11)8-3-1-2-4-10(8)16/h7-9,14H,3-6,10H2,1-2H3;1-6,16H,(H2,13,15)(H2,14,17). The quantitative estimate of drug-likeness (QED) is 0.530. The van der Waals surface area contributed by atoms with Crippen molar-refractivity contribution in [3.63, 3.8) is 0 Å². The summed E-state index contributed by atoms with van der Waals surface area (Å²) >= 11 is 0. The lowest BCUT2D eigenvalue weighted by atomic mass is 10.0. The maximum Gasteiger partial charge on any atom is 0.252 e. The number of benzene rings is 2. The highest BCUT2D eigenvalue weighted by Crippen LogP contribution is 2.29. The second-order valence-corrected chi connectivity index (χ2v) is 8.17. The third kappa shape index (κ3) is 6.08. The minimum atomic E-state index is -0.646. The van der Waals surface area contributed by atoms with Gasteiger partial charge in [-0.15, -0.1) is 0 Å². The van der Waals surface area contributed by atoms with Gasteiger partial charge in [0, 0.05) is 17.3 Å². The molecule has 5 N–H and O–H groups in total. The molecule has 1 saturated carbocycles. The predicted octanol–water partition coefficient (Wildman–Crippen LogP) is 4.90. The van der Waals surface area contributed by atoms with E-state index >= 15 is 0 Å². The Morgan fingerprint density at radius 2 is 1.81 bits per heavy atom. The molecule has 1 aliphatic carbocycles. The molecule has 168 valence electrons. The number of hydrogen-bond acceptors (Lipinski definition) is 5. The lowest BCUT2D eigenvalue weighted by Gasteiger charge is -2.11. The molecule has 0 spiro atoms. The first-order chi connectivity index (χ1) is 15.3. The molecule has 0 saturated heterocycles. The normalized spacial score (nSPS) is 13.4. The van der Waals surface area contributed by atoms with Crippen LogP contribution >= 0.6 is 0 Å². The molecule has 1 aromatic heterocycles. The van der Waals surface area contributed by atoms with Crippen LogP contribution in [0.1, 0.15) is 52.7 Å². The number of rotatable bonds is 5. The number of nitrogen functional groups attached to an aromatic ring is 1. The van der Waals surface area contributed by atoms with Crippen molar-refractivity contribution >= 4 is 11.7 Å². The summed E-state index contributed by atoms with van der Waals surface area (Å²) in [5.74, 6) is -0.460. The van der Waals surface area contributed by atoms with E-state index in [0.29, 0.717) is 17.2 Å². The van der Waals surface area contributed by atoms with Crippen LogP contribution in [-0.4, -0.2) is 22.1 Å². The number of amides is 1. The first-order valence-corrected chi connectivity index (χ1v) is 10.9. The van der Waals surface area contributed by atoms with E-state index in [0.717, 1.165) is 6.61 Å². The van der Waals surface area contributed by atoms with E-state index in [1.54, 1.807) is 24.3 Å². The van der Waals surface area contributed by atoms with Crippen molar-refractivity contribution in [1.29, 1.82) is 0 Å². The average molecular weight is 434 g/mol. The van der Waals surface area contributed by atoms with E-state index < -0.39 is 5.91 Å². The Balaban J connectivity index is 0.000000182. The van der Waals surface area contributed by atoms with Crippen LogP contribution in [0, 0.1) is 13.8 Å². The number of anilines is 1. The van der Waals surface area contributed by atoms with Crippen molar-refractivity contribution in [2.45, 2.75) is 52.2 Å². The largest absolute Gasteiger partial charge is 0.507 e. The Bertz CT molecular complexity index is 1080. The molecule has 6 heteroatoms. The molecule has 1 amide bonds. The zero-order valence-electron chi connectivity index (χ0n) is 18.7. The van der Waals surface area contributed by atoms with E-state index in [-0.39, 0.29) is 17.1 Å². The zero-order chi connectivity index (χ0) is 23.1. The number of aromatic hydroxyl groups is 1. The van der Waals surface area contributed by atoms with Crippen LogP contribution in [0.25, 0.3) is 11.1 Å². The second-order valence-electron chi connectivity index (χ2n) is 8.17. The monoisotopic (exact) mass is 433 g/mol. The minimum Gasteiger partial charge on any atom is -0.507 e.